The molecule has 2 heterocycles. The fraction of sp³-hybridized carbons (Fsp3) is 0.421. The van der Waals surface area contributed by atoms with Gasteiger partial charge in [0.2, 0.25) is 0 Å². The maximum absolute atomic E-state index is 12.9. The molecule has 0 amide bonds. The van der Waals surface area contributed by atoms with E-state index in [9.17, 15) is 23.1 Å². The molecule has 0 saturated carbocycles. The number of aliphatic hydroxyl groups is 1. The van der Waals surface area contributed by atoms with Gasteiger partial charge in [0.25, 0.3) is 5.56 Å². The first-order valence-corrected chi connectivity index (χ1v) is 8.90. The number of aryl methyl sites for hydroxylation is 2. The Morgan fingerprint density at radius 1 is 1.25 bits per heavy atom. The first-order chi connectivity index (χ1) is 13.1. The summed E-state index contributed by atoms with van der Waals surface area (Å²) in [5.41, 5.74) is 0.374. The van der Waals surface area contributed by atoms with Crippen molar-refractivity contribution in [3.05, 3.63) is 56.8 Å². The number of hydrogen-bond acceptors (Lipinski definition) is 4. The second-order valence-corrected chi connectivity index (χ2v) is 6.14. The Balaban J connectivity index is 0.00000136. The van der Waals surface area contributed by atoms with Gasteiger partial charge in [0.1, 0.15) is 16.9 Å². The first-order valence-electron chi connectivity index (χ1n) is 8.90. The summed E-state index contributed by atoms with van der Waals surface area (Å²) in [5, 5.41) is 13.9. The Morgan fingerprint density at radius 3 is 2.43 bits per heavy atom. The minimum absolute atomic E-state index is 0.171. The van der Waals surface area contributed by atoms with Gasteiger partial charge in [-0.3, -0.25) is 4.79 Å². The fourth-order valence-electron chi connectivity index (χ4n) is 3.06. The maximum Gasteiger partial charge on any atom is 0.416 e. The monoisotopic (exact) mass is 396 g/mol. The summed E-state index contributed by atoms with van der Waals surface area (Å²) in [6.45, 7) is 8.51. The second-order valence-electron chi connectivity index (χ2n) is 6.14. The third kappa shape index (κ3) is 3.94. The topological polar surface area (TPSA) is 83.8 Å². The zero-order chi connectivity index (χ0) is 21.2. The molecule has 2 N–H and O–H groups in total. The SMILES string of the molecule is CC.Cc1nc2c(c(CO)nn2C(C)c2ccc(C(F)(F)F)cc2C)c(=O)[nH]1. The molecule has 6 nitrogen and oxygen atoms in total. The number of aliphatic hydroxyl groups excluding tert-OH is 1. The maximum atomic E-state index is 12.9. The van der Waals surface area contributed by atoms with Crippen LogP contribution in [0.25, 0.3) is 11.0 Å². The number of nitrogens with zero attached hydrogens (tertiary/aromatic N) is 3. The van der Waals surface area contributed by atoms with E-state index < -0.39 is 29.9 Å². The summed E-state index contributed by atoms with van der Waals surface area (Å²) in [6, 6.07) is 3.02. The predicted octanol–water partition coefficient (Wildman–Crippen LogP) is 3.88. The molecule has 0 saturated heterocycles. The highest BCUT2D eigenvalue weighted by Crippen LogP contribution is 2.33. The molecule has 3 aromatic rings. The van der Waals surface area contributed by atoms with E-state index in [2.05, 4.69) is 15.1 Å². The summed E-state index contributed by atoms with van der Waals surface area (Å²) in [4.78, 5) is 19.0. The molecule has 9 heteroatoms. The molecule has 0 bridgehead atoms. The van der Waals surface area contributed by atoms with Crippen LogP contribution in [0, 0.1) is 13.8 Å². The molecule has 0 radical (unpaired) electrons. The minimum Gasteiger partial charge on any atom is -0.390 e. The number of aromatic nitrogens is 4. The van der Waals surface area contributed by atoms with E-state index in [1.807, 2.05) is 13.8 Å². The Labute approximate surface area is 160 Å². The van der Waals surface area contributed by atoms with Gasteiger partial charge in [-0.1, -0.05) is 19.9 Å². The highest BCUT2D eigenvalue weighted by molar-refractivity contribution is 5.77. The van der Waals surface area contributed by atoms with E-state index in [1.54, 1.807) is 20.8 Å². The summed E-state index contributed by atoms with van der Waals surface area (Å²) in [5.74, 6) is 0.379. The van der Waals surface area contributed by atoms with Crippen LogP contribution in [-0.2, 0) is 12.8 Å². The van der Waals surface area contributed by atoms with E-state index in [0.717, 1.165) is 12.1 Å². The van der Waals surface area contributed by atoms with Crippen LogP contribution in [0.5, 0.6) is 0 Å². The molecular weight excluding hydrogens is 373 g/mol. The van der Waals surface area contributed by atoms with Crippen LogP contribution in [0.4, 0.5) is 13.2 Å². The van der Waals surface area contributed by atoms with Crippen LogP contribution in [0.3, 0.4) is 0 Å². The van der Waals surface area contributed by atoms with E-state index in [1.165, 1.54) is 10.7 Å². The third-order valence-electron chi connectivity index (χ3n) is 4.32. The molecule has 0 aliphatic rings. The standard InChI is InChI=1S/C17H17F3N4O2.C2H6/c1-8-6-11(17(18,19)20)4-5-12(8)9(2)24-15-14(13(7-25)23-24)16(26)22-10(3)21-15;1-2/h4-6,9,25H,7H2,1-3H3,(H,21,22,26);1-2H3. The number of hydrogen-bond donors (Lipinski definition) is 2. The Bertz CT molecular complexity index is 1040. The summed E-state index contributed by atoms with van der Waals surface area (Å²) in [6.07, 6.45) is -4.42. The van der Waals surface area contributed by atoms with Gasteiger partial charge >= 0.3 is 6.18 Å². The average molecular weight is 396 g/mol. The molecule has 0 spiro atoms. The molecule has 3 rings (SSSR count). The Morgan fingerprint density at radius 2 is 1.89 bits per heavy atom. The summed E-state index contributed by atoms with van der Waals surface area (Å²) >= 11 is 0. The van der Waals surface area contributed by atoms with Crippen molar-refractivity contribution in [2.75, 3.05) is 0 Å². The molecule has 28 heavy (non-hydrogen) atoms. The zero-order valence-corrected chi connectivity index (χ0v) is 16.3. The van der Waals surface area contributed by atoms with Crippen LogP contribution >= 0.6 is 0 Å². The highest BCUT2D eigenvalue weighted by atomic mass is 19.4. The number of aromatic amines is 1. The quantitative estimate of drug-likeness (QED) is 0.704. The van der Waals surface area contributed by atoms with Gasteiger partial charge in [-0.25, -0.2) is 9.67 Å². The smallest absolute Gasteiger partial charge is 0.390 e. The van der Waals surface area contributed by atoms with Crippen LogP contribution in [-0.4, -0.2) is 24.9 Å². The molecule has 0 fully saturated rings. The van der Waals surface area contributed by atoms with Gasteiger partial charge in [0.05, 0.1) is 18.2 Å². The summed E-state index contributed by atoms with van der Waals surface area (Å²) in [7, 11) is 0. The van der Waals surface area contributed by atoms with Crippen molar-refractivity contribution >= 4 is 11.0 Å². The van der Waals surface area contributed by atoms with Crippen LogP contribution in [0.1, 0.15) is 55.0 Å². The normalized spacial score (nSPS) is 12.6. The van der Waals surface area contributed by atoms with Gasteiger partial charge in [-0.2, -0.15) is 18.3 Å². The molecule has 1 unspecified atom stereocenters. The first kappa shape index (κ1) is 21.6. The Hall–Kier alpha value is -2.68. The molecule has 0 aliphatic carbocycles. The number of fused-ring (bicyclic) bond motifs is 1. The average Bonchev–Trinajstić information content (AvgIpc) is 3.01. The molecule has 2 aromatic heterocycles. The number of benzene rings is 1. The number of alkyl halides is 3. The minimum atomic E-state index is -4.42. The van der Waals surface area contributed by atoms with Gasteiger partial charge in [0.15, 0.2) is 5.65 Å². The third-order valence-corrected chi connectivity index (χ3v) is 4.32. The van der Waals surface area contributed by atoms with Crippen molar-refractivity contribution in [3.63, 3.8) is 0 Å². The molecule has 0 aliphatic heterocycles. The lowest BCUT2D eigenvalue weighted by molar-refractivity contribution is -0.137. The molecule has 1 atom stereocenters. The van der Waals surface area contributed by atoms with E-state index in [0.29, 0.717) is 17.0 Å². The van der Waals surface area contributed by atoms with Crippen molar-refractivity contribution < 1.29 is 18.3 Å². The second kappa shape index (κ2) is 8.14. The molecular formula is C19H23F3N4O2. The summed E-state index contributed by atoms with van der Waals surface area (Å²) < 4.78 is 40.1. The number of nitrogens with one attached hydrogen (secondary N) is 1. The van der Waals surface area contributed by atoms with Crippen molar-refractivity contribution in [1.29, 1.82) is 0 Å². The van der Waals surface area contributed by atoms with Crippen LogP contribution < -0.4 is 5.56 Å². The lowest BCUT2D eigenvalue weighted by Gasteiger charge is -2.18. The number of halogens is 3. The van der Waals surface area contributed by atoms with Crippen molar-refractivity contribution in [3.8, 4) is 0 Å². The van der Waals surface area contributed by atoms with Gasteiger partial charge < -0.3 is 10.1 Å². The lowest BCUT2D eigenvalue weighted by atomic mass is 9.99. The van der Waals surface area contributed by atoms with Crippen LogP contribution in [0.15, 0.2) is 23.0 Å². The molecule has 152 valence electrons. The van der Waals surface area contributed by atoms with Gasteiger partial charge in [-0.15, -0.1) is 0 Å². The highest BCUT2D eigenvalue weighted by Gasteiger charge is 2.31. The van der Waals surface area contributed by atoms with Crippen molar-refractivity contribution in [1.82, 2.24) is 19.7 Å². The lowest BCUT2D eigenvalue weighted by Crippen LogP contribution is -2.14. The number of rotatable bonds is 3. The fourth-order valence-corrected chi connectivity index (χ4v) is 3.06. The number of H-pyrrole nitrogens is 1. The van der Waals surface area contributed by atoms with Gasteiger partial charge in [0, 0.05) is 0 Å². The largest absolute Gasteiger partial charge is 0.416 e. The predicted molar refractivity (Wildman–Crippen MR) is 100 cm³/mol. The van der Waals surface area contributed by atoms with E-state index in [-0.39, 0.29) is 16.7 Å². The van der Waals surface area contributed by atoms with Gasteiger partial charge in [-0.05, 0) is 44.0 Å². The Kier molecular flexibility index (Phi) is 6.28. The van der Waals surface area contributed by atoms with E-state index in [4.69, 9.17) is 0 Å². The van der Waals surface area contributed by atoms with E-state index >= 15 is 0 Å². The van der Waals surface area contributed by atoms with Crippen molar-refractivity contribution in [2.45, 2.75) is 53.4 Å². The molecule has 1 aromatic carbocycles. The van der Waals surface area contributed by atoms with Crippen LogP contribution in [0.2, 0.25) is 0 Å². The zero-order valence-electron chi connectivity index (χ0n) is 16.3. The van der Waals surface area contributed by atoms with Crippen molar-refractivity contribution in [2.24, 2.45) is 0 Å².